The summed E-state index contributed by atoms with van der Waals surface area (Å²) in [5.74, 6) is -0.322. The van der Waals surface area contributed by atoms with Crippen LogP contribution in [0.5, 0.6) is 0 Å². The molecule has 1 aromatic heterocycles. The van der Waals surface area contributed by atoms with Crippen molar-refractivity contribution in [2.24, 2.45) is 0 Å². The van der Waals surface area contributed by atoms with E-state index in [1.807, 2.05) is 36.4 Å². The van der Waals surface area contributed by atoms with Crippen molar-refractivity contribution in [2.75, 3.05) is 13.2 Å². The van der Waals surface area contributed by atoms with Gasteiger partial charge in [0.05, 0.1) is 31.6 Å². The highest BCUT2D eigenvalue weighted by molar-refractivity contribution is 5.79. The number of amides is 2. The van der Waals surface area contributed by atoms with Gasteiger partial charge in [0.15, 0.2) is 0 Å². The van der Waals surface area contributed by atoms with Gasteiger partial charge >= 0.3 is 0 Å². The van der Waals surface area contributed by atoms with Gasteiger partial charge in [-0.05, 0) is 24.1 Å². The Bertz CT molecular complexity index is 842. The molecule has 2 aromatic rings. The van der Waals surface area contributed by atoms with Gasteiger partial charge in [0.2, 0.25) is 11.8 Å². The van der Waals surface area contributed by atoms with Gasteiger partial charge in [-0.25, -0.2) is 0 Å². The third-order valence-corrected chi connectivity index (χ3v) is 4.82. The number of ether oxygens (including phenoxy) is 1. The molecule has 2 heterocycles. The van der Waals surface area contributed by atoms with Gasteiger partial charge in [-0.1, -0.05) is 48.6 Å². The lowest BCUT2D eigenvalue weighted by atomic mass is 10.0. The first-order chi connectivity index (χ1) is 14.6. The van der Waals surface area contributed by atoms with E-state index in [4.69, 9.17) is 4.74 Å². The molecule has 3 atom stereocenters. The summed E-state index contributed by atoms with van der Waals surface area (Å²) >= 11 is 0. The molecule has 2 amide bonds. The number of carbonyl (C=O) groups is 2. The number of aliphatic hydroxyl groups is 1. The molecule has 0 fully saturated rings. The second-order valence-corrected chi connectivity index (χ2v) is 7.16. The Kier molecular flexibility index (Phi) is 8.11. The fourth-order valence-corrected chi connectivity index (χ4v) is 3.29. The smallest absolute Gasteiger partial charge is 0.226 e. The highest BCUT2D eigenvalue weighted by Crippen LogP contribution is 2.16. The normalized spacial score (nSPS) is 20.5. The Morgan fingerprint density at radius 2 is 1.83 bits per heavy atom. The minimum atomic E-state index is -0.607. The Hall–Kier alpha value is -3.03. The molecule has 0 spiro atoms. The molecular weight excluding hydrogens is 382 g/mol. The van der Waals surface area contributed by atoms with Crippen LogP contribution in [0.4, 0.5) is 0 Å². The topological polar surface area (TPSA) is 101 Å². The first kappa shape index (κ1) is 21.7. The molecule has 0 aliphatic carbocycles. The van der Waals surface area contributed by atoms with Crippen LogP contribution in [-0.4, -0.2) is 53.3 Å². The van der Waals surface area contributed by atoms with E-state index in [0.29, 0.717) is 12.2 Å². The molecule has 0 radical (unpaired) electrons. The maximum atomic E-state index is 12.3. The molecule has 7 heteroatoms. The van der Waals surface area contributed by atoms with Crippen LogP contribution in [0, 0.1) is 0 Å². The van der Waals surface area contributed by atoms with Gasteiger partial charge in [-0.3, -0.25) is 14.6 Å². The highest BCUT2D eigenvalue weighted by atomic mass is 16.5. The number of carbonyl (C=O) groups excluding carboxylic acids is 2. The van der Waals surface area contributed by atoms with Crippen LogP contribution in [0.15, 0.2) is 66.9 Å². The van der Waals surface area contributed by atoms with Gasteiger partial charge in [0.1, 0.15) is 6.10 Å². The number of aromatic nitrogens is 1. The molecule has 0 saturated heterocycles. The Morgan fingerprint density at radius 3 is 2.57 bits per heavy atom. The maximum absolute atomic E-state index is 12.3. The summed E-state index contributed by atoms with van der Waals surface area (Å²) in [5, 5.41) is 15.4. The van der Waals surface area contributed by atoms with Gasteiger partial charge in [-0.2, -0.15) is 0 Å². The second kappa shape index (κ2) is 11.2. The zero-order chi connectivity index (χ0) is 21.2. The zero-order valence-electron chi connectivity index (χ0n) is 16.7. The van der Waals surface area contributed by atoms with Crippen molar-refractivity contribution in [3.05, 3.63) is 78.1 Å². The molecule has 7 nitrogen and oxygen atoms in total. The summed E-state index contributed by atoms with van der Waals surface area (Å²) in [6.45, 7) is 0.292. The SMILES string of the molecule is O=C(C[C@H]1C=C[C@@H](NC(=O)Cc2ccccn2)[C@H](CO)O1)NCCc1ccccc1. The fraction of sp³-hybridized carbons (Fsp3) is 0.348. The van der Waals surface area contributed by atoms with Crippen LogP contribution in [0.2, 0.25) is 0 Å². The third kappa shape index (κ3) is 6.79. The van der Waals surface area contributed by atoms with E-state index >= 15 is 0 Å². The molecule has 30 heavy (non-hydrogen) atoms. The Labute approximate surface area is 176 Å². The lowest BCUT2D eigenvalue weighted by Crippen LogP contribution is -2.49. The highest BCUT2D eigenvalue weighted by Gasteiger charge is 2.29. The number of benzene rings is 1. The number of hydrogen-bond donors (Lipinski definition) is 3. The van der Waals surface area contributed by atoms with Crippen LogP contribution in [0.1, 0.15) is 17.7 Å². The molecule has 0 saturated carbocycles. The monoisotopic (exact) mass is 409 g/mol. The summed E-state index contributed by atoms with van der Waals surface area (Å²) in [4.78, 5) is 28.6. The molecule has 1 aliphatic heterocycles. The lowest BCUT2D eigenvalue weighted by molar-refractivity contribution is -0.128. The van der Waals surface area contributed by atoms with Gasteiger partial charge < -0.3 is 20.5 Å². The predicted molar refractivity (Wildman–Crippen MR) is 113 cm³/mol. The van der Waals surface area contributed by atoms with E-state index in [0.717, 1.165) is 12.0 Å². The fourth-order valence-electron chi connectivity index (χ4n) is 3.29. The van der Waals surface area contributed by atoms with Gasteiger partial charge in [0.25, 0.3) is 0 Å². The molecule has 0 bridgehead atoms. The van der Waals surface area contributed by atoms with Crippen molar-refractivity contribution in [1.29, 1.82) is 0 Å². The average Bonchev–Trinajstić information content (AvgIpc) is 2.76. The van der Waals surface area contributed by atoms with Gasteiger partial charge in [-0.15, -0.1) is 0 Å². The van der Waals surface area contributed by atoms with Crippen molar-refractivity contribution in [2.45, 2.75) is 37.5 Å². The molecule has 3 rings (SSSR count). The van der Waals surface area contributed by atoms with Crippen LogP contribution in [0.25, 0.3) is 0 Å². The minimum Gasteiger partial charge on any atom is -0.394 e. The first-order valence-corrected chi connectivity index (χ1v) is 10.1. The third-order valence-electron chi connectivity index (χ3n) is 4.82. The summed E-state index contributed by atoms with van der Waals surface area (Å²) in [6, 6.07) is 14.9. The average molecular weight is 409 g/mol. The molecule has 1 aromatic carbocycles. The van der Waals surface area contributed by atoms with E-state index in [1.165, 1.54) is 0 Å². The predicted octanol–water partition coefficient (Wildman–Crippen LogP) is 1.17. The number of pyridine rings is 1. The quantitative estimate of drug-likeness (QED) is 0.540. The number of hydrogen-bond acceptors (Lipinski definition) is 5. The van der Waals surface area contributed by atoms with Gasteiger partial charge in [0, 0.05) is 18.4 Å². The number of aliphatic hydroxyl groups excluding tert-OH is 1. The van der Waals surface area contributed by atoms with E-state index in [1.54, 1.807) is 30.5 Å². The molecule has 0 unspecified atom stereocenters. The van der Waals surface area contributed by atoms with Crippen molar-refractivity contribution >= 4 is 11.8 Å². The van der Waals surface area contributed by atoms with Crippen LogP contribution < -0.4 is 10.6 Å². The molecule has 1 aliphatic rings. The first-order valence-electron chi connectivity index (χ1n) is 10.1. The van der Waals surface area contributed by atoms with E-state index in [9.17, 15) is 14.7 Å². The minimum absolute atomic E-state index is 0.116. The summed E-state index contributed by atoms with van der Waals surface area (Å²) in [5.41, 5.74) is 1.83. The van der Waals surface area contributed by atoms with Crippen LogP contribution >= 0.6 is 0 Å². The summed E-state index contributed by atoms with van der Waals surface area (Å²) < 4.78 is 5.81. The maximum Gasteiger partial charge on any atom is 0.226 e. The summed E-state index contributed by atoms with van der Waals surface area (Å²) in [7, 11) is 0. The number of nitrogens with zero attached hydrogens (tertiary/aromatic N) is 1. The second-order valence-electron chi connectivity index (χ2n) is 7.16. The number of rotatable bonds is 9. The van der Waals surface area contributed by atoms with Crippen LogP contribution in [-0.2, 0) is 27.2 Å². The summed E-state index contributed by atoms with van der Waals surface area (Å²) in [6.07, 6.45) is 5.20. The standard InChI is InChI=1S/C23H27N3O4/c27-16-21-20(26-23(29)14-18-8-4-5-12-24-18)10-9-19(30-21)15-22(28)25-13-11-17-6-2-1-3-7-17/h1-10,12,19-21,27H,11,13-16H2,(H,25,28)(H,26,29)/t19-,20-,21+/m1/s1. The van der Waals surface area contributed by atoms with Crippen molar-refractivity contribution in [1.82, 2.24) is 15.6 Å². The van der Waals surface area contributed by atoms with E-state index in [2.05, 4.69) is 15.6 Å². The van der Waals surface area contributed by atoms with E-state index in [-0.39, 0.29) is 31.3 Å². The van der Waals surface area contributed by atoms with E-state index < -0.39 is 18.2 Å². The molecule has 3 N–H and O–H groups in total. The lowest BCUT2D eigenvalue weighted by Gasteiger charge is -2.31. The van der Waals surface area contributed by atoms with Crippen molar-refractivity contribution < 1.29 is 19.4 Å². The largest absolute Gasteiger partial charge is 0.394 e. The molecular formula is C23H27N3O4. The zero-order valence-corrected chi connectivity index (χ0v) is 16.7. The number of nitrogens with one attached hydrogen (secondary N) is 2. The van der Waals surface area contributed by atoms with Crippen molar-refractivity contribution in [3.63, 3.8) is 0 Å². The Balaban J connectivity index is 1.44. The van der Waals surface area contributed by atoms with Crippen LogP contribution in [0.3, 0.4) is 0 Å². The van der Waals surface area contributed by atoms with Crippen molar-refractivity contribution in [3.8, 4) is 0 Å². The molecule has 158 valence electrons. The Morgan fingerprint density at radius 1 is 1.03 bits per heavy atom.